The van der Waals surface area contributed by atoms with Crippen molar-refractivity contribution in [1.29, 1.82) is 0 Å². The van der Waals surface area contributed by atoms with Crippen LogP contribution in [0.2, 0.25) is 0 Å². The first-order valence-electron chi connectivity index (χ1n) is 18.5. The number of nitrogens with one attached hydrogen (secondary N) is 3. The average molecular weight is 784 g/mol. The average Bonchev–Trinajstić information content (AvgIpc) is 3.87. The van der Waals surface area contributed by atoms with Crippen molar-refractivity contribution >= 4 is 47.0 Å². The Bertz CT molecular complexity index is 2540. The Kier molecular flexibility index (Phi) is 11.9. The molecule has 0 saturated heterocycles. The predicted molar refractivity (Wildman–Crippen MR) is 218 cm³/mol. The number of aromatic nitrogens is 2. The van der Waals surface area contributed by atoms with Gasteiger partial charge in [-0.2, -0.15) is 0 Å². The predicted octanol–water partition coefficient (Wildman–Crippen LogP) is 7.11. The van der Waals surface area contributed by atoms with Gasteiger partial charge in [0, 0.05) is 54.2 Å². The number of H-pyrrole nitrogens is 1. The van der Waals surface area contributed by atoms with Crippen molar-refractivity contribution in [2.75, 3.05) is 6.16 Å². The summed E-state index contributed by atoms with van der Waals surface area (Å²) in [4.78, 5) is 55.3. The molecule has 4 atom stereocenters. The molecule has 0 saturated carbocycles. The van der Waals surface area contributed by atoms with Gasteiger partial charge in [0.15, 0.2) is 0 Å². The van der Waals surface area contributed by atoms with Crippen molar-refractivity contribution in [3.8, 4) is 11.3 Å². The van der Waals surface area contributed by atoms with Crippen LogP contribution in [-0.4, -0.2) is 50.9 Å². The quantitative estimate of drug-likeness (QED) is 0.0641. The Labute approximate surface area is 328 Å². The maximum Gasteiger partial charge on any atom is 0.408 e. The van der Waals surface area contributed by atoms with Crippen molar-refractivity contribution < 1.29 is 33.1 Å². The molecular weight excluding hydrogens is 741 g/mol. The molecule has 57 heavy (non-hydrogen) atoms. The Morgan fingerprint density at radius 1 is 0.789 bits per heavy atom. The van der Waals surface area contributed by atoms with Crippen molar-refractivity contribution in [3.63, 3.8) is 0 Å². The van der Waals surface area contributed by atoms with Crippen LogP contribution in [-0.2, 0) is 44.8 Å². The number of para-hydroxylation sites is 1. The summed E-state index contributed by atoms with van der Waals surface area (Å²) in [5.41, 5.74) is 10.2. The minimum absolute atomic E-state index is 0.0255. The summed E-state index contributed by atoms with van der Waals surface area (Å²) < 4.78 is 25.7. The standard InChI is InChI=1S/C44H42N5O7P/c45-42(50)40(24-34-26-46-38-18-10-9-17-37(34)38)47-43(51)35(23-36-25-39(49-56-36)33-20-19-31-15-7-8-16-32(31)22-33)28-57(53,54)41(21-29-11-3-1-4-12-29)48-44(52)55-27-30-13-5-2-6-14-30/h1-20,22,25-26,35,40-41,46H,21,23-24,27-28H2,(H2,45,50)(H,47,51)(H,48,52)(H,53,54)/t35?,40-,41+/m0/s1. The number of hydrogen-bond donors (Lipinski definition) is 5. The highest BCUT2D eigenvalue weighted by molar-refractivity contribution is 7.58. The summed E-state index contributed by atoms with van der Waals surface area (Å²) in [6.45, 7) is -0.0541. The largest absolute Gasteiger partial charge is 0.445 e. The molecule has 2 unspecified atom stereocenters. The van der Waals surface area contributed by atoms with E-state index < -0.39 is 49.2 Å². The van der Waals surface area contributed by atoms with Crippen LogP contribution in [0.15, 0.2) is 144 Å². The van der Waals surface area contributed by atoms with Gasteiger partial charge in [-0.25, -0.2) is 4.79 Å². The third kappa shape index (κ3) is 9.85. The smallest absolute Gasteiger partial charge is 0.408 e. The topological polar surface area (TPSA) is 190 Å². The minimum atomic E-state index is -4.46. The molecule has 0 bridgehead atoms. The van der Waals surface area contributed by atoms with E-state index >= 15 is 0 Å². The molecule has 0 fully saturated rings. The first-order valence-corrected chi connectivity index (χ1v) is 20.4. The van der Waals surface area contributed by atoms with Crippen LogP contribution in [0.1, 0.15) is 22.5 Å². The molecule has 6 N–H and O–H groups in total. The molecule has 0 radical (unpaired) electrons. The van der Waals surface area contributed by atoms with Gasteiger partial charge in [-0.3, -0.25) is 14.2 Å². The third-order valence-electron chi connectivity index (χ3n) is 9.92. The number of primary amides is 1. The maximum absolute atomic E-state index is 14.6. The van der Waals surface area contributed by atoms with Crippen LogP contribution in [0.25, 0.3) is 32.9 Å². The number of nitrogens with zero attached hydrogens (tertiary/aromatic N) is 1. The first kappa shape index (κ1) is 38.8. The van der Waals surface area contributed by atoms with Gasteiger partial charge in [0.05, 0.1) is 5.92 Å². The van der Waals surface area contributed by atoms with Crippen LogP contribution in [0.5, 0.6) is 0 Å². The molecule has 2 heterocycles. The van der Waals surface area contributed by atoms with E-state index in [1.54, 1.807) is 48.7 Å². The summed E-state index contributed by atoms with van der Waals surface area (Å²) in [6.07, 6.45) is 0.187. The Balaban J connectivity index is 1.16. The van der Waals surface area contributed by atoms with Crippen LogP contribution >= 0.6 is 7.37 Å². The van der Waals surface area contributed by atoms with E-state index in [2.05, 4.69) is 20.8 Å². The molecule has 12 nitrogen and oxygen atoms in total. The number of benzene rings is 5. The van der Waals surface area contributed by atoms with Gasteiger partial charge in [-0.15, -0.1) is 0 Å². The highest BCUT2D eigenvalue weighted by Gasteiger charge is 2.39. The van der Waals surface area contributed by atoms with Gasteiger partial charge in [-0.1, -0.05) is 120 Å². The SMILES string of the molecule is NC(=O)[C@H](Cc1c[nH]c2ccccc12)NC(=O)C(Cc1cc(-c2ccc3ccccc3c2)no1)CP(=O)(O)[C@H](Cc1ccccc1)NC(=O)OCc1ccccc1. The monoisotopic (exact) mass is 783 g/mol. The van der Waals surface area contributed by atoms with E-state index in [4.69, 9.17) is 15.0 Å². The molecule has 0 aliphatic rings. The lowest BCUT2D eigenvalue weighted by atomic mass is 10.0. The van der Waals surface area contributed by atoms with Crippen molar-refractivity contribution in [3.05, 3.63) is 162 Å². The van der Waals surface area contributed by atoms with Crippen molar-refractivity contribution in [2.24, 2.45) is 11.7 Å². The number of nitrogens with two attached hydrogens (primary N) is 1. The normalized spacial score (nSPS) is 14.0. The van der Waals surface area contributed by atoms with E-state index in [1.807, 2.05) is 91.0 Å². The fourth-order valence-corrected chi connectivity index (χ4v) is 8.87. The Morgan fingerprint density at radius 2 is 1.47 bits per heavy atom. The molecule has 5 aromatic carbocycles. The molecule has 0 aliphatic carbocycles. The Morgan fingerprint density at radius 3 is 2.23 bits per heavy atom. The van der Waals surface area contributed by atoms with Gasteiger partial charge in [0.1, 0.15) is 29.9 Å². The van der Waals surface area contributed by atoms with Crippen molar-refractivity contribution in [1.82, 2.24) is 20.8 Å². The fourth-order valence-electron chi connectivity index (χ4n) is 6.89. The zero-order valence-corrected chi connectivity index (χ0v) is 31.8. The highest BCUT2D eigenvalue weighted by atomic mass is 31.2. The molecule has 13 heteroatoms. The number of alkyl carbamates (subject to hydrolysis) is 1. The maximum atomic E-state index is 14.6. The van der Waals surface area contributed by atoms with Crippen LogP contribution in [0.3, 0.4) is 0 Å². The molecule has 290 valence electrons. The Hall–Kier alpha value is -6.49. The van der Waals surface area contributed by atoms with E-state index in [0.717, 1.165) is 38.4 Å². The number of ether oxygens (including phenoxy) is 1. The number of fused-ring (bicyclic) bond motifs is 2. The van der Waals surface area contributed by atoms with E-state index in [1.165, 1.54) is 0 Å². The summed E-state index contributed by atoms with van der Waals surface area (Å²) >= 11 is 0. The third-order valence-corrected chi connectivity index (χ3v) is 12.2. The fraction of sp³-hybridized carbons (Fsp3) is 0.182. The molecule has 7 rings (SSSR count). The van der Waals surface area contributed by atoms with E-state index in [0.29, 0.717) is 11.3 Å². The summed E-state index contributed by atoms with van der Waals surface area (Å²) in [5.74, 6) is -3.74. The van der Waals surface area contributed by atoms with Crippen LogP contribution in [0, 0.1) is 5.92 Å². The molecule has 3 amide bonds. The summed E-state index contributed by atoms with van der Waals surface area (Å²) in [5, 5.41) is 12.5. The number of rotatable bonds is 16. The number of carbonyl (C=O) groups excluding carboxylic acids is 3. The van der Waals surface area contributed by atoms with Gasteiger partial charge in [-0.05, 0) is 39.6 Å². The zero-order valence-electron chi connectivity index (χ0n) is 30.9. The highest BCUT2D eigenvalue weighted by Crippen LogP contribution is 2.48. The summed E-state index contributed by atoms with van der Waals surface area (Å²) in [6, 6.07) is 39.8. The second-order valence-corrected chi connectivity index (χ2v) is 16.5. The molecule has 2 aromatic heterocycles. The van der Waals surface area contributed by atoms with Gasteiger partial charge >= 0.3 is 6.09 Å². The zero-order chi connectivity index (χ0) is 39.8. The van der Waals surface area contributed by atoms with Crippen LogP contribution in [0.4, 0.5) is 4.79 Å². The van der Waals surface area contributed by atoms with Gasteiger partial charge in [0.25, 0.3) is 0 Å². The number of hydrogen-bond acceptors (Lipinski definition) is 7. The molecule has 0 spiro atoms. The van der Waals surface area contributed by atoms with E-state index in [9.17, 15) is 23.8 Å². The van der Waals surface area contributed by atoms with Crippen molar-refractivity contribution in [2.45, 2.75) is 37.7 Å². The van der Waals surface area contributed by atoms with Gasteiger partial charge in [0.2, 0.25) is 19.2 Å². The second kappa shape index (κ2) is 17.5. The lowest BCUT2D eigenvalue weighted by molar-refractivity contribution is -0.129. The number of aromatic amines is 1. The van der Waals surface area contributed by atoms with Gasteiger partial charge < -0.3 is 35.5 Å². The minimum Gasteiger partial charge on any atom is -0.445 e. The lowest BCUT2D eigenvalue weighted by Gasteiger charge is -2.28. The number of amides is 3. The summed E-state index contributed by atoms with van der Waals surface area (Å²) in [7, 11) is -4.46. The number of carbonyl (C=O) groups is 3. The molecular formula is C44H42N5O7P. The lowest BCUT2D eigenvalue weighted by Crippen LogP contribution is -2.49. The molecule has 0 aliphatic heterocycles. The van der Waals surface area contributed by atoms with E-state index in [-0.39, 0.29) is 31.6 Å². The second-order valence-electron chi connectivity index (χ2n) is 14.0. The van der Waals surface area contributed by atoms with Crippen LogP contribution < -0.4 is 16.4 Å². The first-order chi connectivity index (χ1) is 27.6. The molecule has 7 aromatic rings.